The molecule has 0 atom stereocenters. The fourth-order valence-electron chi connectivity index (χ4n) is 1.84. The van der Waals surface area contributed by atoms with E-state index >= 15 is 0 Å². The summed E-state index contributed by atoms with van der Waals surface area (Å²) in [6.07, 6.45) is 2.24. The lowest BCUT2D eigenvalue weighted by molar-refractivity contribution is 0.471. The number of benzene rings is 2. The first-order chi connectivity index (χ1) is 9.19. The van der Waals surface area contributed by atoms with Crippen LogP contribution in [0.2, 0.25) is 0 Å². The lowest BCUT2D eigenvalue weighted by Crippen LogP contribution is -1.80. The van der Waals surface area contributed by atoms with E-state index in [9.17, 15) is 5.11 Å². The first-order valence-corrected chi connectivity index (χ1v) is 6.49. The number of nitrogens with zero attached hydrogens (tertiary/aromatic N) is 2. The number of phenols is 1. The molecule has 0 amide bonds. The summed E-state index contributed by atoms with van der Waals surface area (Å²) in [7, 11) is 0. The van der Waals surface area contributed by atoms with Crippen molar-refractivity contribution in [1.29, 1.82) is 0 Å². The molecular formula is C16H18N2O. The Labute approximate surface area is 113 Å². The van der Waals surface area contributed by atoms with E-state index in [0.717, 1.165) is 29.8 Å². The highest BCUT2D eigenvalue weighted by molar-refractivity contribution is 5.46. The van der Waals surface area contributed by atoms with Crippen molar-refractivity contribution in [3.05, 3.63) is 53.6 Å². The van der Waals surface area contributed by atoms with E-state index in [1.165, 1.54) is 5.56 Å². The van der Waals surface area contributed by atoms with E-state index < -0.39 is 0 Å². The van der Waals surface area contributed by atoms with Gasteiger partial charge >= 0.3 is 0 Å². The third-order valence-corrected chi connectivity index (χ3v) is 2.94. The average molecular weight is 254 g/mol. The van der Waals surface area contributed by atoms with Crippen molar-refractivity contribution < 1.29 is 5.11 Å². The van der Waals surface area contributed by atoms with Crippen LogP contribution in [0.3, 0.4) is 0 Å². The molecule has 0 saturated carbocycles. The predicted octanol–water partition coefficient (Wildman–Crippen LogP) is 5.07. The molecule has 3 heteroatoms. The number of phenolic OH excluding ortho intramolecular Hbond substituents is 1. The van der Waals surface area contributed by atoms with Crippen LogP contribution < -0.4 is 0 Å². The maximum atomic E-state index is 9.44. The lowest BCUT2D eigenvalue weighted by Gasteiger charge is -2.00. The molecular weight excluding hydrogens is 236 g/mol. The maximum Gasteiger partial charge on any atom is 0.118 e. The molecule has 0 aliphatic carbocycles. The molecule has 0 radical (unpaired) electrons. The Morgan fingerprint density at radius 2 is 1.58 bits per heavy atom. The molecule has 0 unspecified atom stereocenters. The number of hydrogen-bond donors (Lipinski definition) is 1. The van der Waals surface area contributed by atoms with Crippen LogP contribution in [-0.2, 0) is 6.42 Å². The van der Waals surface area contributed by atoms with Gasteiger partial charge in [-0.15, -0.1) is 0 Å². The van der Waals surface area contributed by atoms with Crippen LogP contribution in [0.25, 0.3) is 0 Å². The molecule has 0 aliphatic heterocycles. The second-order valence-corrected chi connectivity index (χ2v) is 4.59. The SMILES string of the molecule is CCCc1ccc(/N=N/c2ccc(O)c(C)c2)cc1. The van der Waals surface area contributed by atoms with Gasteiger partial charge in [-0.3, -0.25) is 0 Å². The fraction of sp³-hybridized carbons (Fsp3) is 0.250. The molecule has 19 heavy (non-hydrogen) atoms. The van der Waals surface area contributed by atoms with Crippen molar-refractivity contribution >= 4 is 11.4 Å². The minimum atomic E-state index is 0.280. The Morgan fingerprint density at radius 1 is 0.947 bits per heavy atom. The van der Waals surface area contributed by atoms with Gasteiger partial charge in [0, 0.05) is 0 Å². The second-order valence-electron chi connectivity index (χ2n) is 4.59. The quantitative estimate of drug-likeness (QED) is 0.761. The molecule has 0 spiro atoms. The molecule has 1 N–H and O–H groups in total. The standard InChI is InChI=1S/C16H18N2O/c1-3-4-13-5-7-14(8-6-13)17-18-15-9-10-16(19)12(2)11-15/h5-11,19H,3-4H2,1-2H3/b18-17+. The minimum Gasteiger partial charge on any atom is -0.508 e. The normalized spacial score (nSPS) is 11.1. The van der Waals surface area contributed by atoms with Gasteiger partial charge in [0.15, 0.2) is 0 Å². The lowest BCUT2D eigenvalue weighted by atomic mass is 10.1. The van der Waals surface area contributed by atoms with Gasteiger partial charge in [-0.05, 0) is 54.8 Å². The van der Waals surface area contributed by atoms with Gasteiger partial charge in [-0.1, -0.05) is 25.5 Å². The number of azo groups is 1. The Bertz CT molecular complexity index is 574. The van der Waals surface area contributed by atoms with Gasteiger partial charge in [0.1, 0.15) is 5.75 Å². The summed E-state index contributed by atoms with van der Waals surface area (Å²) in [6.45, 7) is 4.01. The first kappa shape index (κ1) is 13.3. The van der Waals surface area contributed by atoms with Crippen molar-refractivity contribution in [3.8, 4) is 5.75 Å². The summed E-state index contributed by atoms with van der Waals surface area (Å²) in [5.41, 5.74) is 3.70. The molecule has 2 rings (SSSR count). The van der Waals surface area contributed by atoms with E-state index in [1.54, 1.807) is 12.1 Å². The van der Waals surface area contributed by atoms with Crippen LogP contribution in [-0.4, -0.2) is 5.11 Å². The smallest absolute Gasteiger partial charge is 0.118 e. The predicted molar refractivity (Wildman–Crippen MR) is 77.5 cm³/mol. The van der Waals surface area contributed by atoms with E-state index in [1.807, 2.05) is 25.1 Å². The summed E-state index contributed by atoms with van der Waals surface area (Å²) in [5.74, 6) is 0.280. The molecule has 3 nitrogen and oxygen atoms in total. The summed E-state index contributed by atoms with van der Waals surface area (Å²) in [4.78, 5) is 0. The van der Waals surface area contributed by atoms with Crippen molar-refractivity contribution in [2.45, 2.75) is 26.7 Å². The van der Waals surface area contributed by atoms with E-state index in [2.05, 4.69) is 29.3 Å². The monoisotopic (exact) mass is 254 g/mol. The first-order valence-electron chi connectivity index (χ1n) is 6.49. The van der Waals surface area contributed by atoms with Crippen molar-refractivity contribution in [3.63, 3.8) is 0 Å². The van der Waals surface area contributed by atoms with Gasteiger partial charge in [0.05, 0.1) is 11.4 Å². The average Bonchev–Trinajstić information content (AvgIpc) is 2.42. The van der Waals surface area contributed by atoms with Crippen LogP contribution in [0, 0.1) is 6.92 Å². The number of rotatable bonds is 4. The molecule has 98 valence electrons. The summed E-state index contributed by atoms with van der Waals surface area (Å²) < 4.78 is 0. The highest BCUT2D eigenvalue weighted by Gasteiger charge is 1.97. The zero-order valence-electron chi connectivity index (χ0n) is 11.3. The third-order valence-electron chi connectivity index (χ3n) is 2.94. The molecule has 0 bridgehead atoms. The van der Waals surface area contributed by atoms with Crippen LogP contribution in [0.4, 0.5) is 11.4 Å². The summed E-state index contributed by atoms with van der Waals surface area (Å²) in [6, 6.07) is 13.3. The summed E-state index contributed by atoms with van der Waals surface area (Å²) >= 11 is 0. The highest BCUT2D eigenvalue weighted by Crippen LogP contribution is 2.24. The molecule has 2 aromatic carbocycles. The number of aryl methyl sites for hydroxylation is 2. The molecule has 2 aromatic rings. The van der Waals surface area contributed by atoms with Crippen LogP contribution in [0.15, 0.2) is 52.7 Å². The topological polar surface area (TPSA) is 45.0 Å². The zero-order chi connectivity index (χ0) is 13.7. The molecule has 0 fully saturated rings. The van der Waals surface area contributed by atoms with Crippen molar-refractivity contribution in [2.75, 3.05) is 0 Å². The van der Waals surface area contributed by atoms with Crippen LogP contribution in [0.1, 0.15) is 24.5 Å². The van der Waals surface area contributed by atoms with Crippen LogP contribution in [0.5, 0.6) is 5.75 Å². The number of aromatic hydroxyl groups is 1. The highest BCUT2D eigenvalue weighted by atomic mass is 16.3. The Balaban J connectivity index is 2.11. The fourth-order valence-corrected chi connectivity index (χ4v) is 1.84. The number of hydrogen-bond acceptors (Lipinski definition) is 3. The van der Waals surface area contributed by atoms with Gasteiger partial charge in [0.2, 0.25) is 0 Å². The Kier molecular flexibility index (Phi) is 4.29. The van der Waals surface area contributed by atoms with E-state index in [-0.39, 0.29) is 5.75 Å². The third kappa shape index (κ3) is 3.65. The Hall–Kier alpha value is -2.16. The van der Waals surface area contributed by atoms with Gasteiger partial charge in [0.25, 0.3) is 0 Å². The zero-order valence-corrected chi connectivity index (χ0v) is 11.3. The van der Waals surface area contributed by atoms with Crippen molar-refractivity contribution in [2.24, 2.45) is 10.2 Å². The summed E-state index contributed by atoms with van der Waals surface area (Å²) in [5, 5.41) is 17.8. The van der Waals surface area contributed by atoms with E-state index in [4.69, 9.17) is 0 Å². The second kappa shape index (κ2) is 6.14. The Morgan fingerprint density at radius 3 is 2.21 bits per heavy atom. The molecule has 0 saturated heterocycles. The maximum absolute atomic E-state index is 9.44. The van der Waals surface area contributed by atoms with Crippen LogP contribution >= 0.6 is 0 Å². The van der Waals surface area contributed by atoms with Gasteiger partial charge in [-0.25, -0.2) is 0 Å². The molecule has 0 aromatic heterocycles. The molecule has 0 aliphatic rings. The van der Waals surface area contributed by atoms with Crippen molar-refractivity contribution in [1.82, 2.24) is 0 Å². The van der Waals surface area contributed by atoms with E-state index in [0.29, 0.717) is 0 Å². The minimum absolute atomic E-state index is 0.280. The molecule has 0 heterocycles. The van der Waals surface area contributed by atoms with Gasteiger partial charge in [-0.2, -0.15) is 10.2 Å². The largest absolute Gasteiger partial charge is 0.508 e. The van der Waals surface area contributed by atoms with Gasteiger partial charge < -0.3 is 5.11 Å².